The second-order valence-corrected chi connectivity index (χ2v) is 7.13. The molecule has 0 bridgehead atoms. The van der Waals surface area contributed by atoms with Gasteiger partial charge in [-0.15, -0.1) is 0 Å². The van der Waals surface area contributed by atoms with Gasteiger partial charge in [0.15, 0.2) is 0 Å². The predicted octanol–water partition coefficient (Wildman–Crippen LogP) is 4.91. The fraction of sp³-hybridized carbons (Fsp3) is 0.364. The minimum absolute atomic E-state index is 0.431. The van der Waals surface area contributed by atoms with Crippen LogP contribution in [0.25, 0.3) is 10.9 Å². The monoisotopic (exact) mass is 336 g/mol. The first-order valence-corrected chi connectivity index (χ1v) is 9.00. The second-order valence-electron chi connectivity index (χ2n) is 7.13. The molecule has 3 heteroatoms. The van der Waals surface area contributed by atoms with Gasteiger partial charge in [0.05, 0.1) is 5.52 Å². The van der Waals surface area contributed by atoms with Crippen LogP contribution in [0.4, 0.5) is 0 Å². The summed E-state index contributed by atoms with van der Waals surface area (Å²) in [6.45, 7) is 6.09. The zero-order chi connectivity index (χ0) is 17.8. The van der Waals surface area contributed by atoms with Gasteiger partial charge in [0.2, 0.25) is 0 Å². The lowest BCUT2D eigenvalue weighted by Crippen LogP contribution is -2.15. The number of hydrogen-bond donors (Lipinski definition) is 0. The van der Waals surface area contributed by atoms with Crippen molar-refractivity contribution in [2.24, 2.45) is 0 Å². The van der Waals surface area contributed by atoms with Crippen LogP contribution in [0.5, 0.6) is 5.75 Å². The first kappa shape index (κ1) is 17.6. The van der Waals surface area contributed by atoms with Crippen LogP contribution in [0.2, 0.25) is 0 Å². The molecular formula is C22H28N2O. The molecule has 0 aliphatic heterocycles. The number of hydrogen-bond acceptors (Lipinski definition) is 2. The fourth-order valence-electron chi connectivity index (χ4n) is 3.18. The second kappa shape index (κ2) is 7.75. The summed E-state index contributed by atoms with van der Waals surface area (Å²) >= 11 is 0. The van der Waals surface area contributed by atoms with Crippen molar-refractivity contribution in [3.05, 3.63) is 65.9 Å². The molecule has 25 heavy (non-hydrogen) atoms. The van der Waals surface area contributed by atoms with Gasteiger partial charge in [0, 0.05) is 24.2 Å². The Labute approximate surface area is 150 Å². The lowest BCUT2D eigenvalue weighted by atomic mass is 10.1. The summed E-state index contributed by atoms with van der Waals surface area (Å²) in [5.74, 6) is 0.981. The Bertz CT molecular complexity index is 819. The summed E-state index contributed by atoms with van der Waals surface area (Å²) < 4.78 is 8.58. The number of nitrogens with zero attached hydrogens (tertiary/aromatic N) is 2. The Morgan fingerprint density at radius 3 is 2.44 bits per heavy atom. The SMILES string of the molecule is CC(C)n1cc(CCN(C)C)c2c(OCc3ccccc3)cccc21. The maximum absolute atomic E-state index is 6.22. The van der Waals surface area contributed by atoms with Gasteiger partial charge in [-0.25, -0.2) is 0 Å². The molecule has 1 heterocycles. The fourth-order valence-corrected chi connectivity index (χ4v) is 3.18. The molecule has 0 aliphatic rings. The number of rotatable bonds is 7. The van der Waals surface area contributed by atoms with E-state index in [4.69, 9.17) is 4.74 Å². The molecule has 0 unspecified atom stereocenters. The van der Waals surface area contributed by atoms with Crippen molar-refractivity contribution in [1.82, 2.24) is 9.47 Å². The van der Waals surface area contributed by atoms with Crippen molar-refractivity contribution in [3.8, 4) is 5.75 Å². The molecule has 0 fully saturated rings. The summed E-state index contributed by atoms with van der Waals surface area (Å²) in [6, 6.07) is 17.2. The Kier molecular flexibility index (Phi) is 5.44. The van der Waals surface area contributed by atoms with Crippen molar-refractivity contribution in [2.75, 3.05) is 20.6 Å². The highest BCUT2D eigenvalue weighted by molar-refractivity contribution is 5.90. The van der Waals surface area contributed by atoms with Crippen LogP contribution in [-0.4, -0.2) is 30.1 Å². The van der Waals surface area contributed by atoms with Gasteiger partial charge >= 0.3 is 0 Å². The zero-order valence-corrected chi connectivity index (χ0v) is 15.7. The minimum atomic E-state index is 0.431. The van der Waals surface area contributed by atoms with Gasteiger partial charge in [0.1, 0.15) is 12.4 Å². The Balaban J connectivity index is 1.96. The molecule has 3 nitrogen and oxygen atoms in total. The normalized spacial score (nSPS) is 11.6. The molecule has 0 saturated heterocycles. The third-order valence-electron chi connectivity index (χ3n) is 4.52. The maximum atomic E-state index is 6.22. The molecular weight excluding hydrogens is 308 g/mol. The smallest absolute Gasteiger partial charge is 0.129 e. The first-order chi connectivity index (χ1) is 12.1. The highest BCUT2D eigenvalue weighted by atomic mass is 16.5. The Morgan fingerprint density at radius 2 is 1.76 bits per heavy atom. The van der Waals surface area contributed by atoms with Gasteiger partial charge in [-0.1, -0.05) is 36.4 Å². The van der Waals surface area contributed by atoms with Crippen LogP contribution < -0.4 is 4.74 Å². The topological polar surface area (TPSA) is 17.4 Å². The van der Waals surface area contributed by atoms with Crippen LogP contribution in [0.3, 0.4) is 0 Å². The largest absolute Gasteiger partial charge is 0.488 e. The zero-order valence-electron chi connectivity index (χ0n) is 15.7. The molecule has 0 amide bonds. The average Bonchev–Trinajstić information content (AvgIpc) is 2.99. The van der Waals surface area contributed by atoms with E-state index in [0.29, 0.717) is 12.6 Å². The lowest BCUT2D eigenvalue weighted by Gasteiger charge is -2.12. The molecule has 2 aromatic carbocycles. The van der Waals surface area contributed by atoms with E-state index in [1.165, 1.54) is 22.0 Å². The van der Waals surface area contributed by atoms with E-state index in [-0.39, 0.29) is 0 Å². The van der Waals surface area contributed by atoms with Crippen LogP contribution in [0, 0.1) is 0 Å². The van der Waals surface area contributed by atoms with E-state index >= 15 is 0 Å². The number of benzene rings is 2. The van der Waals surface area contributed by atoms with Crippen molar-refractivity contribution >= 4 is 10.9 Å². The number of ether oxygens (including phenoxy) is 1. The highest BCUT2D eigenvalue weighted by Gasteiger charge is 2.15. The molecule has 0 N–H and O–H groups in total. The van der Waals surface area contributed by atoms with Gasteiger partial charge in [0.25, 0.3) is 0 Å². The van der Waals surface area contributed by atoms with Crippen molar-refractivity contribution in [1.29, 1.82) is 0 Å². The molecule has 0 atom stereocenters. The summed E-state index contributed by atoms with van der Waals surface area (Å²) in [7, 11) is 4.24. The van der Waals surface area contributed by atoms with Crippen LogP contribution in [-0.2, 0) is 13.0 Å². The van der Waals surface area contributed by atoms with Gasteiger partial charge in [-0.3, -0.25) is 0 Å². The first-order valence-electron chi connectivity index (χ1n) is 9.00. The molecule has 0 saturated carbocycles. The third kappa shape index (κ3) is 4.05. The summed E-state index contributed by atoms with van der Waals surface area (Å²) in [4.78, 5) is 2.23. The lowest BCUT2D eigenvalue weighted by molar-refractivity contribution is 0.310. The summed E-state index contributed by atoms with van der Waals surface area (Å²) in [6.07, 6.45) is 3.32. The van der Waals surface area contributed by atoms with E-state index in [9.17, 15) is 0 Å². The molecule has 3 rings (SSSR count). The van der Waals surface area contributed by atoms with Crippen molar-refractivity contribution in [2.45, 2.75) is 32.9 Å². The maximum Gasteiger partial charge on any atom is 0.129 e. The van der Waals surface area contributed by atoms with Gasteiger partial charge in [-0.2, -0.15) is 0 Å². The van der Waals surface area contributed by atoms with E-state index in [1.807, 2.05) is 6.07 Å². The van der Waals surface area contributed by atoms with Gasteiger partial charge < -0.3 is 14.2 Å². The highest BCUT2D eigenvalue weighted by Crippen LogP contribution is 2.33. The number of aromatic nitrogens is 1. The number of likely N-dealkylation sites (N-methyl/N-ethyl adjacent to an activating group) is 1. The molecule has 0 radical (unpaired) electrons. The van der Waals surface area contributed by atoms with E-state index in [1.54, 1.807) is 0 Å². The van der Waals surface area contributed by atoms with Crippen LogP contribution in [0.1, 0.15) is 31.0 Å². The third-order valence-corrected chi connectivity index (χ3v) is 4.52. The van der Waals surface area contributed by atoms with E-state index < -0.39 is 0 Å². The van der Waals surface area contributed by atoms with Crippen molar-refractivity contribution < 1.29 is 4.74 Å². The summed E-state index contributed by atoms with van der Waals surface area (Å²) in [5.41, 5.74) is 3.81. The molecule has 1 aromatic heterocycles. The van der Waals surface area contributed by atoms with Crippen LogP contribution in [0.15, 0.2) is 54.7 Å². The Hall–Kier alpha value is -2.26. The quantitative estimate of drug-likeness (QED) is 0.610. The minimum Gasteiger partial charge on any atom is -0.488 e. The van der Waals surface area contributed by atoms with E-state index in [0.717, 1.165) is 18.7 Å². The van der Waals surface area contributed by atoms with Crippen LogP contribution >= 0.6 is 0 Å². The summed E-state index contributed by atoms with van der Waals surface area (Å²) in [5, 5.41) is 1.26. The van der Waals surface area contributed by atoms with Gasteiger partial charge in [-0.05, 0) is 57.6 Å². The molecule has 0 spiro atoms. The molecule has 132 valence electrons. The average molecular weight is 336 g/mol. The van der Waals surface area contributed by atoms with E-state index in [2.05, 4.69) is 86.1 Å². The number of fused-ring (bicyclic) bond motifs is 1. The van der Waals surface area contributed by atoms with Crippen molar-refractivity contribution in [3.63, 3.8) is 0 Å². The molecule has 3 aromatic rings. The standard InChI is InChI=1S/C22H28N2O/c1-17(2)24-15-19(13-14-23(3)4)22-20(24)11-8-12-21(22)25-16-18-9-6-5-7-10-18/h5-12,15,17H,13-14,16H2,1-4H3. The Morgan fingerprint density at radius 1 is 1.00 bits per heavy atom. The molecule has 0 aliphatic carbocycles. The predicted molar refractivity (Wildman–Crippen MR) is 105 cm³/mol.